The van der Waals surface area contributed by atoms with Crippen LogP contribution in [0, 0.1) is 5.82 Å². The SMILES string of the molecule is CCCNS(=O)(=O)NCc1cc(Br)ccc1F. The van der Waals surface area contributed by atoms with Crippen LogP contribution in [-0.4, -0.2) is 15.0 Å². The molecular formula is C10H14BrFN2O2S. The molecule has 0 heterocycles. The molecule has 4 nitrogen and oxygen atoms in total. The van der Waals surface area contributed by atoms with Crippen molar-refractivity contribution in [1.29, 1.82) is 0 Å². The first-order valence-electron chi connectivity index (χ1n) is 5.13. The van der Waals surface area contributed by atoms with Crippen molar-refractivity contribution >= 4 is 26.1 Å². The van der Waals surface area contributed by atoms with Crippen LogP contribution in [0.2, 0.25) is 0 Å². The summed E-state index contributed by atoms with van der Waals surface area (Å²) in [6.07, 6.45) is 0.701. The quantitative estimate of drug-likeness (QED) is 0.840. The zero-order chi connectivity index (χ0) is 12.9. The topological polar surface area (TPSA) is 58.2 Å². The molecule has 17 heavy (non-hydrogen) atoms. The lowest BCUT2D eigenvalue weighted by atomic mass is 10.2. The van der Waals surface area contributed by atoms with Crippen LogP contribution < -0.4 is 9.44 Å². The Bertz CT molecular complexity index is 479. The fourth-order valence-corrected chi connectivity index (χ4v) is 2.47. The summed E-state index contributed by atoms with van der Waals surface area (Å²) in [6, 6.07) is 4.38. The molecule has 0 bridgehead atoms. The Kier molecular flexibility index (Phi) is 5.51. The largest absolute Gasteiger partial charge is 0.277 e. The van der Waals surface area contributed by atoms with Crippen LogP contribution in [-0.2, 0) is 16.8 Å². The molecule has 0 spiro atoms. The Morgan fingerprint density at radius 3 is 2.71 bits per heavy atom. The van der Waals surface area contributed by atoms with Gasteiger partial charge in [0, 0.05) is 23.1 Å². The predicted octanol–water partition coefficient (Wildman–Crippen LogP) is 1.92. The standard InChI is InChI=1S/C10H14BrFN2O2S/c1-2-5-13-17(15,16)14-7-8-6-9(11)3-4-10(8)12/h3-4,6,13-14H,2,5,7H2,1H3. The molecule has 0 radical (unpaired) electrons. The van der Waals surface area contributed by atoms with Gasteiger partial charge in [-0.3, -0.25) is 0 Å². The van der Waals surface area contributed by atoms with Crippen molar-refractivity contribution in [3.05, 3.63) is 34.1 Å². The molecule has 0 amide bonds. The van der Waals surface area contributed by atoms with E-state index in [1.54, 1.807) is 6.07 Å². The van der Waals surface area contributed by atoms with Gasteiger partial charge >= 0.3 is 0 Å². The van der Waals surface area contributed by atoms with Gasteiger partial charge in [-0.05, 0) is 24.6 Å². The Balaban J connectivity index is 2.64. The van der Waals surface area contributed by atoms with Crippen molar-refractivity contribution < 1.29 is 12.8 Å². The third kappa shape index (κ3) is 5.12. The normalized spacial score (nSPS) is 11.7. The van der Waals surface area contributed by atoms with Crippen LogP contribution in [0.25, 0.3) is 0 Å². The smallest absolute Gasteiger partial charge is 0.207 e. The second-order valence-corrected chi connectivity index (χ2v) is 5.95. The van der Waals surface area contributed by atoms with Crippen LogP contribution >= 0.6 is 15.9 Å². The minimum atomic E-state index is -3.55. The minimum absolute atomic E-state index is 0.0790. The van der Waals surface area contributed by atoms with E-state index < -0.39 is 16.0 Å². The lowest BCUT2D eigenvalue weighted by Gasteiger charge is -2.08. The van der Waals surface area contributed by atoms with Crippen LogP contribution in [0.4, 0.5) is 4.39 Å². The fourth-order valence-electron chi connectivity index (χ4n) is 1.14. The number of hydrogen-bond acceptors (Lipinski definition) is 2. The van der Waals surface area contributed by atoms with Crippen LogP contribution in [0.3, 0.4) is 0 Å². The molecule has 1 aromatic carbocycles. The van der Waals surface area contributed by atoms with E-state index in [0.717, 1.165) is 0 Å². The summed E-state index contributed by atoms with van der Waals surface area (Å²) >= 11 is 3.20. The highest BCUT2D eigenvalue weighted by atomic mass is 79.9. The van der Waals surface area contributed by atoms with Gasteiger partial charge in [-0.2, -0.15) is 13.1 Å². The average Bonchev–Trinajstić information content (AvgIpc) is 2.28. The highest BCUT2D eigenvalue weighted by Gasteiger charge is 2.10. The van der Waals surface area contributed by atoms with Crippen LogP contribution in [0.1, 0.15) is 18.9 Å². The third-order valence-electron chi connectivity index (χ3n) is 2.00. The lowest BCUT2D eigenvalue weighted by molar-refractivity contribution is 0.560. The molecule has 0 saturated carbocycles. The van der Waals surface area contributed by atoms with Gasteiger partial charge in [-0.1, -0.05) is 22.9 Å². The van der Waals surface area contributed by atoms with E-state index >= 15 is 0 Å². The molecular weight excluding hydrogens is 311 g/mol. The summed E-state index contributed by atoms with van der Waals surface area (Å²) in [4.78, 5) is 0. The molecule has 7 heteroatoms. The van der Waals surface area contributed by atoms with Crippen LogP contribution in [0.5, 0.6) is 0 Å². The van der Waals surface area contributed by atoms with E-state index in [2.05, 4.69) is 25.4 Å². The maximum Gasteiger partial charge on any atom is 0.277 e. The predicted molar refractivity (Wildman–Crippen MR) is 68.2 cm³/mol. The summed E-state index contributed by atoms with van der Waals surface area (Å²) in [7, 11) is -3.55. The Morgan fingerprint density at radius 1 is 1.35 bits per heavy atom. The van der Waals surface area contributed by atoms with Crippen molar-refractivity contribution in [2.45, 2.75) is 19.9 Å². The first-order chi connectivity index (χ1) is 7.94. The summed E-state index contributed by atoms with van der Waals surface area (Å²) < 4.78 is 41.4. The molecule has 0 aliphatic carbocycles. The molecule has 0 fully saturated rings. The van der Waals surface area contributed by atoms with Crippen molar-refractivity contribution in [3.63, 3.8) is 0 Å². The van der Waals surface area contributed by atoms with Gasteiger partial charge < -0.3 is 0 Å². The average molecular weight is 325 g/mol. The number of halogens is 2. The van der Waals surface area contributed by atoms with Gasteiger partial charge in [-0.25, -0.2) is 9.11 Å². The zero-order valence-electron chi connectivity index (χ0n) is 9.33. The molecule has 1 aromatic rings. The Labute approximate surface area is 109 Å². The van der Waals surface area contributed by atoms with Gasteiger partial charge in [0.2, 0.25) is 0 Å². The first-order valence-corrected chi connectivity index (χ1v) is 7.40. The van der Waals surface area contributed by atoms with E-state index in [-0.39, 0.29) is 6.54 Å². The maximum atomic E-state index is 13.3. The second-order valence-electron chi connectivity index (χ2n) is 3.45. The molecule has 0 atom stereocenters. The van der Waals surface area contributed by atoms with Crippen molar-refractivity contribution in [1.82, 2.24) is 9.44 Å². The van der Waals surface area contributed by atoms with Crippen LogP contribution in [0.15, 0.2) is 22.7 Å². The van der Waals surface area contributed by atoms with E-state index in [1.807, 2.05) is 6.92 Å². The number of benzene rings is 1. The van der Waals surface area contributed by atoms with Crippen molar-refractivity contribution in [2.24, 2.45) is 0 Å². The molecule has 0 aliphatic rings. The number of rotatable bonds is 6. The first kappa shape index (κ1) is 14.6. The second kappa shape index (κ2) is 6.44. The van der Waals surface area contributed by atoms with Crippen molar-refractivity contribution in [3.8, 4) is 0 Å². The number of nitrogens with one attached hydrogen (secondary N) is 2. The van der Waals surface area contributed by atoms with Gasteiger partial charge in [0.15, 0.2) is 0 Å². The Hall–Kier alpha value is -0.500. The maximum absolute atomic E-state index is 13.3. The lowest BCUT2D eigenvalue weighted by Crippen LogP contribution is -2.36. The van der Waals surface area contributed by atoms with Gasteiger partial charge in [-0.15, -0.1) is 0 Å². The molecule has 0 aliphatic heterocycles. The monoisotopic (exact) mass is 324 g/mol. The highest BCUT2D eigenvalue weighted by molar-refractivity contribution is 9.10. The minimum Gasteiger partial charge on any atom is -0.207 e. The summed E-state index contributed by atoms with van der Waals surface area (Å²) in [6.45, 7) is 2.14. The molecule has 2 N–H and O–H groups in total. The van der Waals surface area contributed by atoms with E-state index in [4.69, 9.17) is 0 Å². The molecule has 0 aromatic heterocycles. The van der Waals surface area contributed by atoms with E-state index in [0.29, 0.717) is 23.0 Å². The van der Waals surface area contributed by atoms with E-state index in [1.165, 1.54) is 12.1 Å². The van der Waals surface area contributed by atoms with Gasteiger partial charge in [0.05, 0.1) is 0 Å². The number of hydrogen-bond donors (Lipinski definition) is 2. The summed E-state index contributed by atoms with van der Waals surface area (Å²) in [5.41, 5.74) is 0.293. The fraction of sp³-hybridized carbons (Fsp3) is 0.400. The van der Waals surface area contributed by atoms with E-state index in [9.17, 15) is 12.8 Å². The highest BCUT2D eigenvalue weighted by Crippen LogP contribution is 2.15. The van der Waals surface area contributed by atoms with Gasteiger partial charge in [0.25, 0.3) is 10.2 Å². The molecule has 96 valence electrons. The summed E-state index contributed by atoms with van der Waals surface area (Å²) in [5.74, 6) is -0.439. The molecule has 1 rings (SSSR count). The molecule has 0 saturated heterocycles. The Morgan fingerprint density at radius 2 is 2.06 bits per heavy atom. The molecule has 0 unspecified atom stereocenters. The zero-order valence-corrected chi connectivity index (χ0v) is 11.7. The summed E-state index contributed by atoms with van der Waals surface area (Å²) in [5, 5.41) is 0. The van der Waals surface area contributed by atoms with Crippen molar-refractivity contribution in [2.75, 3.05) is 6.54 Å². The van der Waals surface area contributed by atoms with Gasteiger partial charge in [0.1, 0.15) is 5.82 Å². The third-order valence-corrected chi connectivity index (χ3v) is 3.60.